The molecule has 0 bridgehead atoms. The number of rotatable bonds is 6. The molecule has 0 saturated heterocycles. The number of nitrogens with zero attached hydrogens (tertiary/aromatic N) is 3. The van der Waals surface area contributed by atoms with Crippen molar-refractivity contribution in [2.24, 2.45) is 0 Å². The number of hydrogen-bond donors (Lipinski definition) is 2. The van der Waals surface area contributed by atoms with Crippen molar-refractivity contribution < 1.29 is 9.66 Å². The fraction of sp³-hybridized carbons (Fsp3) is 0.111. The van der Waals surface area contributed by atoms with E-state index >= 15 is 0 Å². The smallest absolute Gasteiger partial charge is 0.273 e. The molecule has 0 spiro atoms. The predicted molar refractivity (Wildman–Crippen MR) is 107 cm³/mol. The molecule has 138 valence electrons. The number of thiocarbonyl (C=S) groups is 1. The second-order valence-electron chi connectivity index (χ2n) is 5.62. The molecule has 3 rings (SSSR count). The summed E-state index contributed by atoms with van der Waals surface area (Å²) in [5.74, 6) is 0.334. The van der Waals surface area contributed by atoms with Crippen LogP contribution in [0.1, 0.15) is 5.56 Å². The number of ether oxygens (including phenoxy) is 1. The molecule has 0 saturated carbocycles. The molecule has 0 unspecified atom stereocenters. The number of nitro groups is 1. The molecule has 0 aliphatic heterocycles. The van der Waals surface area contributed by atoms with Gasteiger partial charge >= 0.3 is 0 Å². The van der Waals surface area contributed by atoms with Crippen molar-refractivity contribution in [3.8, 4) is 5.75 Å². The van der Waals surface area contributed by atoms with Crippen molar-refractivity contribution in [1.82, 2.24) is 9.78 Å². The van der Waals surface area contributed by atoms with Gasteiger partial charge in [-0.2, -0.15) is 5.10 Å². The van der Waals surface area contributed by atoms with E-state index in [1.807, 2.05) is 41.2 Å². The van der Waals surface area contributed by atoms with Crippen LogP contribution in [-0.2, 0) is 6.54 Å². The van der Waals surface area contributed by atoms with Crippen LogP contribution in [0.5, 0.6) is 5.75 Å². The number of anilines is 2. The lowest BCUT2D eigenvalue weighted by Gasteiger charge is -2.14. The molecule has 0 atom stereocenters. The summed E-state index contributed by atoms with van der Waals surface area (Å²) in [6, 6.07) is 14.0. The Balaban J connectivity index is 1.68. The van der Waals surface area contributed by atoms with Gasteiger partial charge in [-0.1, -0.05) is 12.1 Å². The second kappa shape index (κ2) is 8.28. The molecule has 1 aromatic heterocycles. The van der Waals surface area contributed by atoms with Crippen molar-refractivity contribution in [3.63, 3.8) is 0 Å². The molecule has 27 heavy (non-hydrogen) atoms. The quantitative estimate of drug-likeness (QED) is 0.381. The first-order chi connectivity index (χ1) is 13.0. The molecular formula is C18H17N5O3S. The summed E-state index contributed by atoms with van der Waals surface area (Å²) in [5.41, 5.74) is 2.37. The Labute approximate surface area is 160 Å². The number of hydrogen-bond acceptors (Lipinski definition) is 5. The van der Waals surface area contributed by atoms with Gasteiger partial charge in [-0.25, -0.2) is 0 Å². The van der Waals surface area contributed by atoms with Crippen molar-refractivity contribution in [2.75, 3.05) is 17.7 Å². The van der Waals surface area contributed by atoms with E-state index in [1.165, 1.54) is 19.2 Å². The molecule has 0 fully saturated rings. The number of methoxy groups -OCH3 is 1. The van der Waals surface area contributed by atoms with Crippen LogP contribution < -0.4 is 15.4 Å². The first-order valence-corrected chi connectivity index (χ1v) is 8.43. The molecule has 8 nitrogen and oxygen atoms in total. The fourth-order valence-corrected chi connectivity index (χ4v) is 2.74. The Hall–Kier alpha value is -3.46. The highest BCUT2D eigenvalue weighted by atomic mass is 32.1. The Bertz CT molecular complexity index is 959. The Morgan fingerprint density at radius 3 is 2.81 bits per heavy atom. The SMILES string of the molecule is COc1cc([N+](=O)[O-])ccc1NC(=S)Nc1cccc(Cn2cccn2)c1. The summed E-state index contributed by atoms with van der Waals surface area (Å²) in [6.45, 7) is 0.652. The lowest BCUT2D eigenvalue weighted by atomic mass is 10.2. The monoisotopic (exact) mass is 383 g/mol. The zero-order chi connectivity index (χ0) is 19.2. The van der Waals surface area contributed by atoms with Gasteiger partial charge in [-0.15, -0.1) is 0 Å². The van der Waals surface area contributed by atoms with Gasteiger partial charge in [0, 0.05) is 24.1 Å². The van der Waals surface area contributed by atoms with Gasteiger partial charge in [0.25, 0.3) is 5.69 Å². The van der Waals surface area contributed by atoms with E-state index in [4.69, 9.17) is 17.0 Å². The minimum Gasteiger partial charge on any atom is -0.494 e. The van der Waals surface area contributed by atoms with Gasteiger partial charge in [0.1, 0.15) is 5.75 Å². The van der Waals surface area contributed by atoms with Crippen LogP contribution in [0.4, 0.5) is 17.1 Å². The maximum Gasteiger partial charge on any atom is 0.273 e. The predicted octanol–water partition coefficient (Wildman–Crippen LogP) is 3.66. The minimum absolute atomic E-state index is 0.0531. The maximum absolute atomic E-state index is 10.9. The third-order valence-corrected chi connectivity index (χ3v) is 3.94. The highest BCUT2D eigenvalue weighted by molar-refractivity contribution is 7.80. The molecule has 0 radical (unpaired) electrons. The molecule has 2 aromatic carbocycles. The molecule has 1 heterocycles. The molecule has 3 aromatic rings. The van der Waals surface area contributed by atoms with E-state index in [1.54, 1.807) is 12.3 Å². The maximum atomic E-state index is 10.9. The lowest BCUT2D eigenvalue weighted by molar-refractivity contribution is -0.384. The Kier molecular flexibility index (Phi) is 5.62. The van der Waals surface area contributed by atoms with Gasteiger partial charge in [0.2, 0.25) is 0 Å². The highest BCUT2D eigenvalue weighted by Gasteiger charge is 2.12. The van der Waals surface area contributed by atoms with E-state index in [0.29, 0.717) is 23.1 Å². The molecule has 0 aliphatic rings. The van der Waals surface area contributed by atoms with Crippen LogP contribution in [0.2, 0.25) is 0 Å². The van der Waals surface area contributed by atoms with Gasteiger partial charge in [0.15, 0.2) is 5.11 Å². The van der Waals surface area contributed by atoms with Crippen molar-refractivity contribution in [1.29, 1.82) is 0 Å². The zero-order valence-corrected chi connectivity index (χ0v) is 15.3. The standard InChI is InChI=1S/C18H17N5O3S/c1-26-17-11-15(23(24)25)6-7-16(17)21-18(27)20-14-5-2-4-13(10-14)12-22-9-3-8-19-22/h2-11H,12H2,1H3,(H2,20,21,27). The topological polar surface area (TPSA) is 94.3 Å². The third kappa shape index (κ3) is 4.79. The average Bonchev–Trinajstić information content (AvgIpc) is 3.15. The number of aromatic nitrogens is 2. The number of non-ortho nitro benzene ring substituents is 1. The van der Waals surface area contributed by atoms with Crippen molar-refractivity contribution in [2.45, 2.75) is 6.54 Å². The van der Waals surface area contributed by atoms with Gasteiger partial charge in [0.05, 0.1) is 30.3 Å². The third-order valence-electron chi connectivity index (χ3n) is 3.73. The van der Waals surface area contributed by atoms with E-state index in [-0.39, 0.29) is 5.69 Å². The van der Waals surface area contributed by atoms with Gasteiger partial charge in [-0.05, 0) is 42.0 Å². The van der Waals surface area contributed by atoms with E-state index < -0.39 is 4.92 Å². The molecular weight excluding hydrogens is 366 g/mol. The first kappa shape index (κ1) is 18.3. The van der Waals surface area contributed by atoms with E-state index in [2.05, 4.69) is 15.7 Å². The summed E-state index contributed by atoms with van der Waals surface area (Å²) < 4.78 is 7.03. The van der Waals surface area contributed by atoms with Crippen molar-refractivity contribution in [3.05, 3.63) is 76.6 Å². The van der Waals surface area contributed by atoms with Crippen LogP contribution >= 0.6 is 12.2 Å². The lowest BCUT2D eigenvalue weighted by Crippen LogP contribution is -2.19. The van der Waals surface area contributed by atoms with Crippen LogP contribution in [0.25, 0.3) is 0 Å². The number of benzene rings is 2. The molecule has 0 amide bonds. The summed E-state index contributed by atoms with van der Waals surface area (Å²) in [6.07, 6.45) is 3.63. The summed E-state index contributed by atoms with van der Waals surface area (Å²) in [4.78, 5) is 10.4. The summed E-state index contributed by atoms with van der Waals surface area (Å²) in [5, 5.41) is 21.5. The second-order valence-corrected chi connectivity index (χ2v) is 6.03. The largest absolute Gasteiger partial charge is 0.494 e. The van der Waals surface area contributed by atoms with E-state index in [9.17, 15) is 10.1 Å². The van der Waals surface area contributed by atoms with Gasteiger partial charge < -0.3 is 15.4 Å². The highest BCUT2D eigenvalue weighted by Crippen LogP contribution is 2.29. The number of nitro benzene ring substituents is 1. The zero-order valence-electron chi connectivity index (χ0n) is 14.5. The summed E-state index contributed by atoms with van der Waals surface area (Å²) >= 11 is 5.34. The molecule has 0 aliphatic carbocycles. The normalized spacial score (nSPS) is 10.3. The minimum atomic E-state index is -0.478. The van der Waals surface area contributed by atoms with Crippen LogP contribution in [0.15, 0.2) is 60.9 Å². The fourth-order valence-electron chi connectivity index (χ4n) is 2.51. The van der Waals surface area contributed by atoms with Crippen LogP contribution in [-0.4, -0.2) is 26.9 Å². The first-order valence-electron chi connectivity index (χ1n) is 8.02. The molecule has 2 N–H and O–H groups in total. The van der Waals surface area contributed by atoms with Crippen molar-refractivity contribution >= 4 is 34.4 Å². The summed E-state index contributed by atoms with van der Waals surface area (Å²) in [7, 11) is 1.44. The Morgan fingerprint density at radius 2 is 2.11 bits per heavy atom. The average molecular weight is 383 g/mol. The van der Waals surface area contributed by atoms with E-state index in [0.717, 1.165) is 11.3 Å². The number of nitrogens with one attached hydrogen (secondary N) is 2. The van der Waals surface area contributed by atoms with Crippen LogP contribution in [0.3, 0.4) is 0 Å². The molecule has 9 heteroatoms. The van der Waals surface area contributed by atoms with Gasteiger partial charge in [-0.3, -0.25) is 14.8 Å². The van der Waals surface area contributed by atoms with Crippen LogP contribution in [0, 0.1) is 10.1 Å². The Morgan fingerprint density at radius 1 is 1.26 bits per heavy atom.